The number of hydrogen-bond acceptors (Lipinski definition) is 6. The lowest BCUT2D eigenvalue weighted by Crippen LogP contribution is -2.28. The number of nitrogens with zero attached hydrogens (tertiary/aromatic N) is 2. The second-order valence-electron chi connectivity index (χ2n) is 6.59. The van der Waals surface area contributed by atoms with E-state index in [1.165, 1.54) is 49.8 Å². The highest BCUT2D eigenvalue weighted by Crippen LogP contribution is 2.33. The fourth-order valence-electron chi connectivity index (χ4n) is 3.18. The minimum Gasteiger partial charge on any atom is -0.493 e. The van der Waals surface area contributed by atoms with Crippen molar-refractivity contribution in [1.82, 2.24) is 4.31 Å². The molecule has 2 aromatic carbocycles. The van der Waals surface area contributed by atoms with Crippen LogP contribution < -0.4 is 13.8 Å². The van der Waals surface area contributed by atoms with Gasteiger partial charge in [-0.2, -0.15) is 4.31 Å². The standard InChI is InChI=1S/C19H24N2O6S2/c1-20(15-6-11-18(26-2)19(14-15)27-3)28(22,23)16-7-9-17(10-8-16)29(24,25)21-12-4-5-13-21/h6-11,14H,4-5,12-13H2,1-3H3. The van der Waals surface area contributed by atoms with Crippen LogP contribution in [-0.4, -0.2) is 55.5 Å². The molecule has 10 heteroatoms. The van der Waals surface area contributed by atoms with Crippen LogP contribution in [0.5, 0.6) is 11.5 Å². The van der Waals surface area contributed by atoms with Crippen molar-refractivity contribution in [2.75, 3.05) is 38.7 Å². The molecule has 0 N–H and O–H groups in total. The van der Waals surface area contributed by atoms with Gasteiger partial charge in [0.2, 0.25) is 10.0 Å². The molecule has 1 aliphatic heterocycles. The van der Waals surface area contributed by atoms with Crippen LogP contribution in [0.2, 0.25) is 0 Å². The smallest absolute Gasteiger partial charge is 0.264 e. The summed E-state index contributed by atoms with van der Waals surface area (Å²) in [4.78, 5) is 0.0854. The van der Waals surface area contributed by atoms with Gasteiger partial charge in [-0.3, -0.25) is 4.31 Å². The topological polar surface area (TPSA) is 93.2 Å². The summed E-state index contributed by atoms with van der Waals surface area (Å²) in [7, 11) is -3.10. The van der Waals surface area contributed by atoms with Crippen molar-refractivity contribution in [2.24, 2.45) is 0 Å². The van der Waals surface area contributed by atoms with Gasteiger partial charge in [0.1, 0.15) is 0 Å². The van der Waals surface area contributed by atoms with Gasteiger partial charge in [-0.1, -0.05) is 0 Å². The average Bonchev–Trinajstić information content (AvgIpc) is 3.28. The Kier molecular flexibility index (Phi) is 6.06. The molecule has 0 unspecified atom stereocenters. The number of anilines is 1. The molecule has 0 saturated carbocycles. The Labute approximate surface area is 171 Å². The Hall–Kier alpha value is -2.30. The molecule has 0 amide bonds. The molecule has 0 atom stereocenters. The summed E-state index contributed by atoms with van der Waals surface area (Å²) < 4.78 is 64.2. The van der Waals surface area contributed by atoms with Crippen molar-refractivity contribution >= 4 is 25.7 Å². The molecule has 29 heavy (non-hydrogen) atoms. The number of benzene rings is 2. The minimum atomic E-state index is -3.89. The fraction of sp³-hybridized carbons (Fsp3) is 0.368. The Balaban J connectivity index is 1.89. The van der Waals surface area contributed by atoms with Gasteiger partial charge >= 0.3 is 0 Å². The maximum Gasteiger partial charge on any atom is 0.264 e. The molecular formula is C19H24N2O6S2. The zero-order chi connectivity index (χ0) is 21.2. The van der Waals surface area contributed by atoms with Crippen LogP contribution in [-0.2, 0) is 20.0 Å². The van der Waals surface area contributed by atoms with Gasteiger partial charge in [-0.05, 0) is 49.2 Å². The van der Waals surface area contributed by atoms with E-state index in [1.807, 2.05) is 0 Å². The molecule has 0 bridgehead atoms. The van der Waals surface area contributed by atoms with Crippen LogP contribution in [0.4, 0.5) is 5.69 Å². The molecule has 3 rings (SSSR count). The summed E-state index contributed by atoms with van der Waals surface area (Å²) in [6.45, 7) is 0.981. The van der Waals surface area contributed by atoms with E-state index in [1.54, 1.807) is 18.2 Å². The molecule has 2 aromatic rings. The Bertz CT molecular complexity index is 1080. The van der Waals surface area contributed by atoms with Gasteiger partial charge in [0.25, 0.3) is 10.0 Å². The van der Waals surface area contributed by atoms with E-state index in [2.05, 4.69) is 0 Å². The van der Waals surface area contributed by atoms with E-state index in [0.29, 0.717) is 30.3 Å². The largest absolute Gasteiger partial charge is 0.493 e. The third kappa shape index (κ3) is 4.05. The van der Waals surface area contributed by atoms with E-state index in [9.17, 15) is 16.8 Å². The molecular weight excluding hydrogens is 416 g/mol. The minimum absolute atomic E-state index is 0.00448. The summed E-state index contributed by atoms with van der Waals surface area (Å²) in [6, 6.07) is 10.1. The fourth-order valence-corrected chi connectivity index (χ4v) is 5.88. The lowest BCUT2D eigenvalue weighted by molar-refractivity contribution is 0.355. The molecule has 1 fully saturated rings. The zero-order valence-corrected chi connectivity index (χ0v) is 18.2. The van der Waals surface area contributed by atoms with E-state index in [-0.39, 0.29) is 9.79 Å². The summed E-state index contributed by atoms with van der Waals surface area (Å²) in [5, 5.41) is 0. The first-order valence-electron chi connectivity index (χ1n) is 9.03. The van der Waals surface area contributed by atoms with Crippen LogP contribution in [0, 0.1) is 0 Å². The van der Waals surface area contributed by atoms with Crippen molar-refractivity contribution in [3.8, 4) is 11.5 Å². The number of sulfonamides is 2. The van der Waals surface area contributed by atoms with Crippen LogP contribution in [0.3, 0.4) is 0 Å². The van der Waals surface area contributed by atoms with E-state index in [0.717, 1.165) is 17.1 Å². The third-order valence-corrected chi connectivity index (χ3v) is 8.63. The van der Waals surface area contributed by atoms with Gasteiger partial charge in [0.05, 0.1) is 29.7 Å². The molecule has 0 radical (unpaired) electrons. The van der Waals surface area contributed by atoms with Gasteiger partial charge in [0.15, 0.2) is 11.5 Å². The van der Waals surface area contributed by atoms with Crippen molar-refractivity contribution in [3.05, 3.63) is 42.5 Å². The second-order valence-corrected chi connectivity index (χ2v) is 10.5. The van der Waals surface area contributed by atoms with Crippen molar-refractivity contribution < 1.29 is 26.3 Å². The maximum absolute atomic E-state index is 13.0. The van der Waals surface area contributed by atoms with Crippen molar-refractivity contribution in [3.63, 3.8) is 0 Å². The lowest BCUT2D eigenvalue weighted by atomic mass is 10.3. The first kappa shape index (κ1) is 21.4. The molecule has 0 spiro atoms. The zero-order valence-electron chi connectivity index (χ0n) is 16.5. The number of methoxy groups -OCH3 is 2. The summed E-state index contributed by atoms with van der Waals surface area (Å²) in [5.41, 5.74) is 0.386. The average molecular weight is 441 g/mol. The van der Waals surface area contributed by atoms with Crippen LogP contribution in [0.25, 0.3) is 0 Å². The molecule has 0 aliphatic carbocycles. The second kappa shape index (κ2) is 8.21. The van der Waals surface area contributed by atoms with E-state index < -0.39 is 20.0 Å². The quantitative estimate of drug-likeness (QED) is 0.656. The number of hydrogen-bond donors (Lipinski definition) is 0. The molecule has 0 aromatic heterocycles. The summed E-state index contributed by atoms with van der Waals surface area (Å²) >= 11 is 0. The Morgan fingerprint density at radius 2 is 1.38 bits per heavy atom. The molecule has 1 aliphatic rings. The van der Waals surface area contributed by atoms with E-state index >= 15 is 0 Å². The third-order valence-electron chi connectivity index (χ3n) is 4.92. The van der Waals surface area contributed by atoms with Gasteiger partial charge < -0.3 is 9.47 Å². The predicted octanol–water partition coefficient (Wildman–Crippen LogP) is 2.31. The monoisotopic (exact) mass is 440 g/mol. The Morgan fingerprint density at radius 1 is 0.828 bits per heavy atom. The van der Waals surface area contributed by atoms with Crippen LogP contribution >= 0.6 is 0 Å². The predicted molar refractivity (Wildman–Crippen MR) is 110 cm³/mol. The molecule has 8 nitrogen and oxygen atoms in total. The molecule has 158 valence electrons. The lowest BCUT2D eigenvalue weighted by Gasteiger charge is -2.21. The highest BCUT2D eigenvalue weighted by atomic mass is 32.2. The SMILES string of the molecule is COc1ccc(N(C)S(=O)(=O)c2ccc(S(=O)(=O)N3CCCC3)cc2)cc1OC. The number of ether oxygens (including phenoxy) is 2. The molecule has 1 saturated heterocycles. The van der Waals surface area contributed by atoms with Crippen molar-refractivity contribution in [2.45, 2.75) is 22.6 Å². The van der Waals surface area contributed by atoms with Crippen molar-refractivity contribution in [1.29, 1.82) is 0 Å². The van der Waals surface area contributed by atoms with Gasteiger partial charge in [-0.25, -0.2) is 16.8 Å². The van der Waals surface area contributed by atoms with E-state index in [4.69, 9.17) is 9.47 Å². The maximum atomic E-state index is 13.0. The van der Waals surface area contributed by atoms with Gasteiger partial charge in [-0.15, -0.1) is 0 Å². The first-order valence-corrected chi connectivity index (χ1v) is 11.9. The van der Waals surface area contributed by atoms with Gasteiger partial charge in [0, 0.05) is 26.2 Å². The molecule has 1 heterocycles. The summed E-state index contributed by atoms with van der Waals surface area (Å²) in [5.74, 6) is 0.887. The normalized spacial score (nSPS) is 15.3. The van der Waals surface area contributed by atoms with Crippen LogP contribution in [0.1, 0.15) is 12.8 Å². The first-order chi connectivity index (χ1) is 13.7. The Morgan fingerprint density at radius 3 is 1.93 bits per heavy atom. The number of rotatable bonds is 7. The highest BCUT2D eigenvalue weighted by Gasteiger charge is 2.28. The van der Waals surface area contributed by atoms with Crippen LogP contribution in [0.15, 0.2) is 52.3 Å². The summed E-state index contributed by atoms with van der Waals surface area (Å²) in [6.07, 6.45) is 1.67. The highest BCUT2D eigenvalue weighted by molar-refractivity contribution is 7.92.